The molecule has 0 unspecified atom stereocenters. The van der Waals surface area contributed by atoms with Gasteiger partial charge in [-0.25, -0.2) is 13.9 Å². The zero-order chi connectivity index (χ0) is 17.9. The number of H-pyrrole nitrogens is 1. The Kier molecular flexibility index (Phi) is 5.43. The molecule has 7 heteroatoms. The second-order valence-electron chi connectivity index (χ2n) is 5.80. The Morgan fingerprint density at radius 1 is 1.29 bits per heavy atom. The molecule has 128 valence electrons. The van der Waals surface area contributed by atoms with Crippen LogP contribution in [-0.2, 0) is 6.42 Å². The van der Waals surface area contributed by atoms with Crippen LogP contribution in [0.3, 0.4) is 0 Å². The number of benzene rings is 1. The molecule has 0 fully saturated rings. The standard InChI is InChI=1S/C17H19F2N3O2/c1-9(4-5-12-6-7-13(18)14(19)8-12)20-16(23)15-10(2)11(3)21-22-17(15)24/h6-9H,4-5H2,1-3H3,(H,20,23)(H,22,24)/t9-/m0/s1. The van der Waals surface area contributed by atoms with Gasteiger partial charge in [0.25, 0.3) is 11.5 Å². The summed E-state index contributed by atoms with van der Waals surface area (Å²) in [6.45, 7) is 5.16. The van der Waals surface area contributed by atoms with Gasteiger partial charge in [0.2, 0.25) is 0 Å². The molecule has 0 aliphatic rings. The number of nitrogens with one attached hydrogen (secondary N) is 2. The summed E-state index contributed by atoms with van der Waals surface area (Å²) in [5, 5.41) is 8.84. The number of aryl methyl sites for hydroxylation is 2. The fraction of sp³-hybridized carbons (Fsp3) is 0.353. The zero-order valence-corrected chi connectivity index (χ0v) is 13.7. The highest BCUT2D eigenvalue weighted by atomic mass is 19.2. The highest BCUT2D eigenvalue weighted by molar-refractivity contribution is 5.95. The van der Waals surface area contributed by atoms with Gasteiger partial charge in [-0.3, -0.25) is 9.59 Å². The molecule has 1 amide bonds. The molecule has 0 saturated carbocycles. The van der Waals surface area contributed by atoms with Crippen LogP contribution in [0.25, 0.3) is 0 Å². The summed E-state index contributed by atoms with van der Waals surface area (Å²) >= 11 is 0. The van der Waals surface area contributed by atoms with Crippen molar-refractivity contribution in [2.45, 2.75) is 39.7 Å². The molecule has 24 heavy (non-hydrogen) atoms. The fourth-order valence-electron chi connectivity index (χ4n) is 2.35. The van der Waals surface area contributed by atoms with E-state index in [1.807, 2.05) is 0 Å². The summed E-state index contributed by atoms with van der Waals surface area (Å²) in [7, 11) is 0. The van der Waals surface area contributed by atoms with Gasteiger partial charge in [0, 0.05) is 6.04 Å². The predicted molar refractivity (Wildman–Crippen MR) is 85.9 cm³/mol. The van der Waals surface area contributed by atoms with Crippen molar-refractivity contribution in [3.8, 4) is 0 Å². The molecule has 1 heterocycles. The topological polar surface area (TPSA) is 74.8 Å². The summed E-state index contributed by atoms with van der Waals surface area (Å²) in [6.07, 6.45) is 1.00. The Balaban J connectivity index is 2.01. The first-order valence-electron chi connectivity index (χ1n) is 7.60. The van der Waals surface area contributed by atoms with Gasteiger partial charge in [0.05, 0.1) is 5.69 Å². The van der Waals surface area contributed by atoms with Gasteiger partial charge < -0.3 is 5.32 Å². The second kappa shape index (κ2) is 7.33. The second-order valence-corrected chi connectivity index (χ2v) is 5.80. The maximum atomic E-state index is 13.2. The van der Waals surface area contributed by atoms with Crippen LogP contribution >= 0.6 is 0 Å². The average Bonchev–Trinajstić information content (AvgIpc) is 2.52. The van der Waals surface area contributed by atoms with Crippen molar-refractivity contribution in [2.24, 2.45) is 0 Å². The van der Waals surface area contributed by atoms with Crippen LogP contribution in [-0.4, -0.2) is 22.1 Å². The molecule has 0 aliphatic carbocycles. The Labute approximate surface area is 138 Å². The SMILES string of the molecule is Cc1n[nH]c(=O)c(C(=O)N[C@@H](C)CCc2ccc(F)c(F)c2)c1C. The van der Waals surface area contributed by atoms with Gasteiger partial charge >= 0.3 is 0 Å². The summed E-state index contributed by atoms with van der Waals surface area (Å²) < 4.78 is 26.1. The molecule has 1 atom stereocenters. The van der Waals surface area contributed by atoms with Crippen molar-refractivity contribution in [1.82, 2.24) is 15.5 Å². The molecule has 2 rings (SSSR count). The van der Waals surface area contributed by atoms with E-state index in [-0.39, 0.29) is 11.6 Å². The number of aromatic amines is 1. The van der Waals surface area contributed by atoms with Crippen LogP contribution < -0.4 is 10.9 Å². The first-order valence-corrected chi connectivity index (χ1v) is 7.60. The predicted octanol–water partition coefficient (Wildman–Crippen LogP) is 2.42. The average molecular weight is 335 g/mol. The number of nitrogens with zero attached hydrogens (tertiary/aromatic N) is 1. The third kappa shape index (κ3) is 4.04. The lowest BCUT2D eigenvalue weighted by atomic mass is 10.0. The summed E-state index contributed by atoms with van der Waals surface area (Å²) in [4.78, 5) is 24.1. The molecule has 5 nitrogen and oxygen atoms in total. The van der Waals surface area contributed by atoms with Crippen LogP contribution in [0.2, 0.25) is 0 Å². The van der Waals surface area contributed by atoms with Gasteiger partial charge in [0.1, 0.15) is 5.56 Å². The summed E-state index contributed by atoms with van der Waals surface area (Å²) in [6, 6.07) is 3.49. The van der Waals surface area contributed by atoms with E-state index in [1.165, 1.54) is 6.07 Å². The monoisotopic (exact) mass is 335 g/mol. The number of rotatable bonds is 5. The number of aromatic nitrogens is 2. The third-order valence-corrected chi connectivity index (χ3v) is 3.92. The smallest absolute Gasteiger partial charge is 0.277 e. The Hall–Kier alpha value is -2.57. The maximum absolute atomic E-state index is 13.2. The number of carbonyl (C=O) groups excluding carboxylic acids is 1. The molecular formula is C17H19F2N3O2. The van der Waals surface area contributed by atoms with Crippen molar-refractivity contribution in [3.05, 3.63) is 62.6 Å². The fourth-order valence-corrected chi connectivity index (χ4v) is 2.35. The van der Waals surface area contributed by atoms with E-state index in [0.717, 1.165) is 12.1 Å². The van der Waals surface area contributed by atoms with E-state index in [1.54, 1.807) is 20.8 Å². The molecule has 0 radical (unpaired) electrons. The molecule has 0 saturated heterocycles. The molecule has 0 spiro atoms. The third-order valence-electron chi connectivity index (χ3n) is 3.92. The highest BCUT2D eigenvalue weighted by Crippen LogP contribution is 2.12. The zero-order valence-electron chi connectivity index (χ0n) is 13.7. The molecule has 0 aliphatic heterocycles. The largest absolute Gasteiger partial charge is 0.349 e. The number of carbonyl (C=O) groups is 1. The molecular weight excluding hydrogens is 316 g/mol. The van der Waals surface area contributed by atoms with Crippen molar-refractivity contribution in [1.29, 1.82) is 0 Å². The number of amides is 1. The summed E-state index contributed by atoms with van der Waals surface area (Å²) in [5.74, 6) is -2.25. The molecule has 0 bridgehead atoms. The van der Waals surface area contributed by atoms with Crippen molar-refractivity contribution in [2.75, 3.05) is 0 Å². The molecule has 1 aromatic heterocycles. The summed E-state index contributed by atoms with van der Waals surface area (Å²) in [5.41, 5.74) is 1.26. The number of hydrogen-bond acceptors (Lipinski definition) is 3. The number of hydrogen-bond donors (Lipinski definition) is 2. The Morgan fingerprint density at radius 2 is 2.00 bits per heavy atom. The van der Waals surface area contributed by atoms with E-state index in [0.29, 0.717) is 29.7 Å². The minimum absolute atomic E-state index is 0.0437. The normalized spacial score (nSPS) is 12.0. The molecule has 1 aromatic carbocycles. The lowest BCUT2D eigenvalue weighted by Gasteiger charge is -2.15. The maximum Gasteiger partial charge on any atom is 0.277 e. The van der Waals surface area contributed by atoms with Crippen LogP contribution in [0.15, 0.2) is 23.0 Å². The molecule has 2 N–H and O–H groups in total. The van der Waals surface area contributed by atoms with Gasteiger partial charge in [-0.15, -0.1) is 0 Å². The van der Waals surface area contributed by atoms with Gasteiger partial charge in [-0.1, -0.05) is 6.07 Å². The van der Waals surface area contributed by atoms with Crippen LogP contribution in [0.1, 0.15) is 40.5 Å². The first-order chi connectivity index (χ1) is 11.3. The van der Waals surface area contributed by atoms with Crippen LogP contribution in [0.4, 0.5) is 8.78 Å². The Bertz CT molecular complexity index is 818. The quantitative estimate of drug-likeness (QED) is 0.881. The van der Waals surface area contributed by atoms with E-state index in [4.69, 9.17) is 0 Å². The van der Waals surface area contributed by atoms with Crippen LogP contribution in [0.5, 0.6) is 0 Å². The van der Waals surface area contributed by atoms with E-state index >= 15 is 0 Å². The van der Waals surface area contributed by atoms with E-state index < -0.39 is 23.1 Å². The number of halogens is 2. The van der Waals surface area contributed by atoms with Crippen LogP contribution in [0, 0.1) is 25.5 Å². The minimum atomic E-state index is -0.890. The first kappa shape index (κ1) is 17.8. The lowest BCUT2D eigenvalue weighted by molar-refractivity contribution is 0.0936. The lowest BCUT2D eigenvalue weighted by Crippen LogP contribution is -2.37. The minimum Gasteiger partial charge on any atom is -0.349 e. The molecule has 2 aromatic rings. The van der Waals surface area contributed by atoms with Crippen molar-refractivity contribution < 1.29 is 13.6 Å². The van der Waals surface area contributed by atoms with E-state index in [2.05, 4.69) is 15.5 Å². The van der Waals surface area contributed by atoms with Gasteiger partial charge in [-0.05, 0) is 56.9 Å². The van der Waals surface area contributed by atoms with Crippen molar-refractivity contribution >= 4 is 5.91 Å². The van der Waals surface area contributed by atoms with Gasteiger partial charge in [0.15, 0.2) is 11.6 Å². The Morgan fingerprint density at radius 3 is 2.67 bits per heavy atom. The van der Waals surface area contributed by atoms with Gasteiger partial charge in [-0.2, -0.15) is 5.10 Å². The van der Waals surface area contributed by atoms with Crippen molar-refractivity contribution in [3.63, 3.8) is 0 Å². The van der Waals surface area contributed by atoms with E-state index in [9.17, 15) is 18.4 Å². The highest BCUT2D eigenvalue weighted by Gasteiger charge is 2.18.